The maximum atomic E-state index is 11.5. The molecular weight excluding hydrogens is 242 g/mol. The second-order valence-corrected chi connectivity index (χ2v) is 5.30. The minimum atomic E-state index is -0.751. The SMILES string of the molecule is N#Cc1ccc(N2CC3CCCC3C2C(=O)O)cn1. The zero-order valence-corrected chi connectivity index (χ0v) is 10.5. The van der Waals surface area contributed by atoms with Gasteiger partial charge in [0.05, 0.1) is 11.9 Å². The molecule has 0 bridgehead atoms. The normalized spacial score (nSPS) is 29.0. The van der Waals surface area contributed by atoms with Crippen LogP contribution in [0.2, 0.25) is 0 Å². The van der Waals surface area contributed by atoms with Crippen LogP contribution in [-0.2, 0) is 4.79 Å². The molecule has 19 heavy (non-hydrogen) atoms. The quantitative estimate of drug-likeness (QED) is 0.871. The van der Waals surface area contributed by atoms with Crippen molar-refractivity contribution in [3.63, 3.8) is 0 Å². The fourth-order valence-corrected chi connectivity index (χ4v) is 3.51. The fourth-order valence-electron chi connectivity index (χ4n) is 3.51. The largest absolute Gasteiger partial charge is 0.480 e. The molecule has 1 N–H and O–H groups in total. The number of carboxylic acid groups (broad SMARTS) is 1. The van der Waals surface area contributed by atoms with Gasteiger partial charge in [0.25, 0.3) is 0 Å². The molecule has 0 spiro atoms. The Labute approximate surface area is 111 Å². The van der Waals surface area contributed by atoms with Gasteiger partial charge in [0.1, 0.15) is 17.8 Å². The summed E-state index contributed by atoms with van der Waals surface area (Å²) in [7, 11) is 0. The van der Waals surface area contributed by atoms with E-state index < -0.39 is 12.0 Å². The molecule has 1 aromatic heterocycles. The summed E-state index contributed by atoms with van der Waals surface area (Å²) in [5, 5.41) is 18.2. The van der Waals surface area contributed by atoms with Crippen molar-refractivity contribution in [3.8, 4) is 6.07 Å². The zero-order valence-electron chi connectivity index (χ0n) is 10.5. The first kappa shape index (κ1) is 12.0. The van der Waals surface area contributed by atoms with E-state index in [2.05, 4.69) is 4.98 Å². The molecule has 3 unspecified atom stereocenters. The van der Waals surface area contributed by atoms with Crippen molar-refractivity contribution in [3.05, 3.63) is 24.0 Å². The van der Waals surface area contributed by atoms with Crippen molar-refractivity contribution in [1.82, 2.24) is 4.98 Å². The molecule has 5 nitrogen and oxygen atoms in total. The average molecular weight is 257 g/mol. The number of hydrogen-bond donors (Lipinski definition) is 1. The highest BCUT2D eigenvalue weighted by Gasteiger charge is 2.47. The van der Waals surface area contributed by atoms with E-state index in [0.717, 1.165) is 31.5 Å². The van der Waals surface area contributed by atoms with Gasteiger partial charge < -0.3 is 10.0 Å². The number of carbonyl (C=O) groups is 1. The van der Waals surface area contributed by atoms with Crippen molar-refractivity contribution in [2.45, 2.75) is 25.3 Å². The summed E-state index contributed by atoms with van der Waals surface area (Å²) in [5.41, 5.74) is 1.16. The van der Waals surface area contributed by atoms with Gasteiger partial charge in [-0.1, -0.05) is 6.42 Å². The molecule has 5 heteroatoms. The van der Waals surface area contributed by atoms with E-state index in [1.807, 2.05) is 11.0 Å². The topological polar surface area (TPSA) is 77.2 Å². The summed E-state index contributed by atoms with van der Waals surface area (Å²) >= 11 is 0. The Morgan fingerprint density at radius 3 is 2.95 bits per heavy atom. The minimum Gasteiger partial charge on any atom is -0.480 e. The molecule has 1 saturated heterocycles. The minimum absolute atomic E-state index is 0.258. The van der Waals surface area contributed by atoms with Crippen LogP contribution >= 0.6 is 0 Å². The smallest absolute Gasteiger partial charge is 0.326 e. The molecule has 0 amide bonds. The van der Waals surface area contributed by atoms with Crippen LogP contribution in [0.15, 0.2) is 18.3 Å². The molecule has 1 aliphatic heterocycles. The van der Waals surface area contributed by atoms with Crippen LogP contribution in [0.1, 0.15) is 25.0 Å². The first-order chi connectivity index (χ1) is 9.20. The fraction of sp³-hybridized carbons (Fsp3) is 0.500. The van der Waals surface area contributed by atoms with Gasteiger partial charge in [-0.3, -0.25) is 0 Å². The van der Waals surface area contributed by atoms with E-state index in [1.165, 1.54) is 0 Å². The summed E-state index contributed by atoms with van der Waals surface area (Å²) in [5.74, 6) is -0.0105. The second kappa shape index (κ2) is 4.54. The molecule has 3 rings (SSSR count). The molecule has 3 atom stereocenters. The molecule has 1 saturated carbocycles. The highest BCUT2D eigenvalue weighted by atomic mass is 16.4. The number of nitriles is 1. The van der Waals surface area contributed by atoms with Crippen molar-refractivity contribution in [2.75, 3.05) is 11.4 Å². The van der Waals surface area contributed by atoms with Crippen molar-refractivity contribution in [1.29, 1.82) is 5.26 Å². The summed E-state index contributed by atoms with van der Waals surface area (Å²) in [4.78, 5) is 17.5. The van der Waals surface area contributed by atoms with Crippen LogP contribution in [0.4, 0.5) is 5.69 Å². The van der Waals surface area contributed by atoms with E-state index in [0.29, 0.717) is 11.6 Å². The van der Waals surface area contributed by atoms with Gasteiger partial charge in [-0.2, -0.15) is 5.26 Å². The lowest BCUT2D eigenvalue weighted by Crippen LogP contribution is -2.39. The maximum absolute atomic E-state index is 11.5. The van der Waals surface area contributed by atoms with Crippen LogP contribution in [-0.4, -0.2) is 28.6 Å². The summed E-state index contributed by atoms with van der Waals surface area (Å²) in [6.45, 7) is 0.787. The number of aliphatic carboxylic acids is 1. The number of fused-ring (bicyclic) bond motifs is 1. The van der Waals surface area contributed by atoms with Crippen LogP contribution in [0.5, 0.6) is 0 Å². The number of pyridine rings is 1. The Hall–Kier alpha value is -2.09. The van der Waals surface area contributed by atoms with Gasteiger partial charge in [-0.25, -0.2) is 9.78 Å². The van der Waals surface area contributed by atoms with Crippen LogP contribution in [0, 0.1) is 23.2 Å². The molecule has 98 valence electrons. The molecule has 0 radical (unpaired) electrons. The van der Waals surface area contributed by atoms with Gasteiger partial charge in [0.2, 0.25) is 0 Å². The van der Waals surface area contributed by atoms with E-state index >= 15 is 0 Å². The highest BCUT2D eigenvalue weighted by Crippen LogP contribution is 2.43. The molecule has 1 aromatic rings. The van der Waals surface area contributed by atoms with Crippen LogP contribution in [0.3, 0.4) is 0 Å². The van der Waals surface area contributed by atoms with Gasteiger partial charge in [-0.05, 0) is 36.8 Å². The van der Waals surface area contributed by atoms with Gasteiger partial charge in [0, 0.05) is 6.54 Å². The monoisotopic (exact) mass is 257 g/mol. The van der Waals surface area contributed by atoms with Crippen molar-refractivity contribution >= 4 is 11.7 Å². The summed E-state index contributed by atoms with van der Waals surface area (Å²) in [6.07, 6.45) is 4.87. The Bertz CT molecular complexity index is 535. The first-order valence-electron chi connectivity index (χ1n) is 6.56. The van der Waals surface area contributed by atoms with E-state index in [9.17, 15) is 9.90 Å². The van der Waals surface area contributed by atoms with E-state index in [-0.39, 0.29) is 5.92 Å². The number of nitrogens with zero attached hydrogens (tertiary/aromatic N) is 3. The number of carboxylic acids is 1. The number of hydrogen-bond acceptors (Lipinski definition) is 4. The average Bonchev–Trinajstić information content (AvgIpc) is 2.98. The number of rotatable bonds is 2. The predicted octanol–water partition coefficient (Wildman–Crippen LogP) is 1.64. The Balaban J connectivity index is 1.90. The van der Waals surface area contributed by atoms with Crippen LogP contribution in [0.25, 0.3) is 0 Å². The van der Waals surface area contributed by atoms with E-state index in [4.69, 9.17) is 5.26 Å². The third-order valence-corrected chi connectivity index (χ3v) is 4.34. The predicted molar refractivity (Wildman–Crippen MR) is 68.6 cm³/mol. The molecule has 2 fully saturated rings. The van der Waals surface area contributed by atoms with Gasteiger partial charge in [-0.15, -0.1) is 0 Å². The Morgan fingerprint density at radius 2 is 2.32 bits per heavy atom. The molecule has 1 aliphatic carbocycles. The van der Waals surface area contributed by atoms with Crippen LogP contribution < -0.4 is 4.90 Å². The molecule has 0 aromatic carbocycles. The second-order valence-electron chi connectivity index (χ2n) is 5.30. The number of aromatic nitrogens is 1. The first-order valence-corrected chi connectivity index (χ1v) is 6.56. The zero-order chi connectivity index (χ0) is 13.4. The standard InChI is InChI=1S/C14H15N3O2/c15-6-10-4-5-11(7-16-10)17-8-9-2-1-3-12(9)13(17)14(18)19/h4-5,7,9,12-13H,1-3,8H2,(H,18,19). The number of anilines is 1. The third kappa shape index (κ3) is 1.93. The maximum Gasteiger partial charge on any atom is 0.326 e. The lowest BCUT2D eigenvalue weighted by molar-refractivity contribution is -0.139. The van der Waals surface area contributed by atoms with Gasteiger partial charge >= 0.3 is 5.97 Å². The lowest BCUT2D eigenvalue weighted by atomic mass is 9.94. The van der Waals surface area contributed by atoms with E-state index in [1.54, 1.807) is 18.3 Å². The highest BCUT2D eigenvalue weighted by molar-refractivity contribution is 5.79. The van der Waals surface area contributed by atoms with Gasteiger partial charge in [0.15, 0.2) is 0 Å². The Kier molecular flexibility index (Phi) is 2.86. The summed E-state index contributed by atoms with van der Waals surface area (Å²) in [6, 6.07) is 4.97. The lowest BCUT2D eigenvalue weighted by Gasteiger charge is -2.26. The van der Waals surface area contributed by atoms with Crippen molar-refractivity contribution in [2.24, 2.45) is 11.8 Å². The Morgan fingerprint density at radius 1 is 1.47 bits per heavy atom. The summed E-state index contributed by atoms with van der Waals surface area (Å²) < 4.78 is 0. The molecule has 2 aliphatic rings. The molecule has 2 heterocycles. The molecular formula is C14H15N3O2. The van der Waals surface area contributed by atoms with Crippen molar-refractivity contribution < 1.29 is 9.90 Å². The third-order valence-electron chi connectivity index (χ3n) is 4.34.